The molecule has 0 fully saturated rings. The van der Waals surface area contributed by atoms with Crippen LogP contribution in [0.1, 0.15) is 154 Å². The lowest BCUT2D eigenvalue weighted by Gasteiger charge is -2.19. The molecule has 0 aliphatic rings. The number of hydrogen-bond acceptors (Lipinski definition) is 10. The molecule has 12 nitrogen and oxygen atoms in total. The first-order chi connectivity index (χ1) is 23.4. The molecule has 1 aromatic rings. The van der Waals surface area contributed by atoms with E-state index in [1.54, 1.807) is 0 Å². The molecule has 0 atom stereocenters. The van der Waals surface area contributed by atoms with Crippen LogP contribution >= 0.6 is 7.82 Å². The molecule has 288 valence electrons. The average molecular weight is 759 g/mol. The van der Waals surface area contributed by atoms with Gasteiger partial charge < -0.3 is 4.52 Å². The van der Waals surface area contributed by atoms with E-state index in [0.717, 1.165) is 64.2 Å². The van der Waals surface area contributed by atoms with E-state index in [1.165, 1.54) is 63.4 Å². The lowest BCUT2D eigenvalue weighted by molar-refractivity contribution is 0.150. The summed E-state index contributed by atoms with van der Waals surface area (Å²) >= 11 is 0. The van der Waals surface area contributed by atoms with Gasteiger partial charge in [-0.15, -0.1) is 0 Å². The Labute approximate surface area is 296 Å². The maximum atomic E-state index is 13.6. The van der Waals surface area contributed by atoms with E-state index >= 15 is 0 Å². The van der Waals surface area contributed by atoms with Crippen molar-refractivity contribution in [3.05, 3.63) is 29.8 Å². The minimum Gasteiger partial charge on any atom is -0.404 e. The van der Waals surface area contributed by atoms with Crippen LogP contribution in [-0.2, 0) is 49.2 Å². The predicted molar refractivity (Wildman–Crippen MR) is 193 cm³/mol. The van der Waals surface area contributed by atoms with Crippen molar-refractivity contribution in [2.24, 2.45) is 0 Å². The fourth-order valence-electron chi connectivity index (χ4n) is 5.26. The summed E-state index contributed by atoms with van der Waals surface area (Å²) < 4.78 is 98.9. The highest BCUT2D eigenvalue weighted by Crippen LogP contribution is 2.50. The Morgan fingerprint density at radius 2 is 0.857 bits per heavy atom. The first-order valence-electron chi connectivity index (χ1n) is 18.3. The zero-order valence-electron chi connectivity index (χ0n) is 29.6. The van der Waals surface area contributed by atoms with Crippen molar-refractivity contribution in [1.82, 2.24) is 0 Å². The molecule has 0 saturated carbocycles. The van der Waals surface area contributed by atoms with Crippen LogP contribution in [0.3, 0.4) is 0 Å². The van der Waals surface area contributed by atoms with E-state index in [4.69, 9.17) is 22.7 Å². The van der Waals surface area contributed by atoms with Crippen LogP contribution in [0, 0.1) is 0 Å². The third-order valence-corrected chi connectivity index (χ3v) is 10.4. The molecule has 0 aliphatic carbocycles. The molecule has 0 spiro atoms. The summed E-state index contributed by atoms with van der Waals surface area (Å²) in [5, 5.41) is 0. The summed E-state index contributed by atoms with van der Waals surface area (Å²) in [6, 6.07) is 7.61. The highest BCUT2D eigenvalue weighted by atomic mass is 32.3. The van der Waals surface area contributed by atoms with Crippen LogP contribution in [0.5, 0.6) is 5.75 Å². The van der Waals surface area contributed by atoms with Gasteiger partial charge >= 0.3 is 28.6 Å². The Morgan fingerprint density at radius 1 is 0.510 bits per heavy atom. The monoisotopic (exact) mass is 758 g/mol. The predicted octanol–water partition coefficient (Wildman–Crippen LogP) is 9.99. The van der Waals surface area contributed by atoms with Gasteiger partial charge in [-0.2, -0.15) is 16.8 Å². The fourth-order valence-corrected chi connectivity index (χ4v) is 7.18. The van der Waals surface area contributed by atoms with Gasteiger partial charge in [-0.3, -0.25) is 18.2 Å². The van der Waals surface area contributed by atoms with E-state index in [1.807, 2.05) is 24.3 Å². The van der Waals surface area contributed by atoms with E-state index in [9.17, 15) is 21.4 Å². The summed E-state index contributed by atoms with van der Waals surface area (Å²) in [5.41, 5.74) is 1.21. The Balaban J connectivity index is 2.43. The van der Waals surface area contributed by atoms with Crippen LogP contribution in [0.4, 0.5) is 0 Å². The summed E-state index contributed by atoms with van der Waals surface area (Å²) in [6.07, 6.45) is 22.9. The van der Waals surface area contributed by atoms with Crippen molar-refractivity contribution in [2.75, 3.05) is 26.4 Å². The summed E-state index contributed by atoms with van der Waals surface area (Å²) in [4.78, 5) is 0. The molecular weight excluding hydrogens is 695 g/mol. The first kappa shape index (κ1) is 45.9. The van der Waals surface area contributed by atoms with Crippen molar-refractivity contribution >= 4 is 28.6 Å². The molecule has 1 aromatic carbocycles. The van der Waals surface area contributed by atoms with Gasteiger partial charge in [0, 0.05) is 0 Å². The third kappa shape index (κ3) is 30.3. The van der Waals surface area contributed by atoms with Crippen LogP contribution in [0.2, 0.25) is 0 Å². The largest absolute Gasteiger partial charge is 0.530 e. The van der Waals surface area contributed by atoms with Gasteiger partial charge in [0.1, 0.15) is 5.75 Å². The Hall–Kier alpha value is -1.09. The van der Waals surface area contributed by atoms with Crippen LogP contribution in [0.25, 0.3) is 0 Å². The maximum absolute atomic E-state index is 13.6. The average Bonchev–Trinajstić information content (AvgIpc) is 3.03. The van der Waals surface area contributed by atoms with Crippen molar-refractivity contribution in [1.29, 1.82) is 0 Å². The van der Waals surface area contributed by atoms with Crippen LogP contribution in [-0.4, -0.2) is 52.4 Å². The van der Waals surface area contributed by atoms with Gasteiger partial charge in [-0.05, 0) is 56.2 Å². The maximum Gasteiger partial charge on any atom is 0.530 e. The lowest BCUT2D eigenvalue weighted by Crippen LogP contribution is -2.06. The highest BCUT2D eigenvalue weighted by molar-refractivity contribution is 7.81. The second-order valence-electron chi connectivity index (χ2n) is 12.5. The zero-order chi connectivity index (χ0) is 36.1. The summed E-state index contributed by atoms with van der Waals surface area (Å²) in [6.45, 7) is 2.55. The van der Waals surface area contributed by atoms with E-state index < -0.39 is 28.6 Å². The van der Waals surface area contributed by atoms with Gasteiger partial charge in [-0.25, -0.2) is 12.9 Å². The molecule has 1 rings (SSSR count). The molecule has 0 saturated heterocycles. The Morgan fingerprint density at radius 3 is 1.24 bits per heavy atom. The van der Waals surface area contributed by atoms with Crippen molar-refractivity contribution in [3.63, 3.8) is 0 Å². The van der Waals surface area contributed by atoms with Crippen molar-refractivity contribution < 1.29 is 52.4 Å². The molecule has 49 heavy (non-hydrogen) atoms. The summed E-state index contributed by atoms with van der Waals surface area (Å²) in [5.74, 6) is 0.425. The molecule has 0 radical (unpaired) electrons. The number of hydrogen-bond donors (Lipinski definition) is 2. The summed E-state index contributed by atoms with van der Waals surface area (Å²) in [7, 11) is -12.7. The van der Waals surface area contributed by atoms with Gasteiger partial charge in [-0.1, -0.05) is 128 Å². The quantitative estimate of drug-likeness (QED) is 0.0382. The van der Waals surface area contributed by atoms with Crippen molar-refractivity contribution in [3.8, 4) is 5.75 Å². The van der Waals surface area contributed by atoms with Crippen molar-refractivity contribution in [2.45, 2.75) is 155 Å². The second kappa shape index (κ2) is 28.5. The molecule has 0 aliphatic heterocycles. The second-order valence-corrected chi connectivity index (χ2v) is 16.3. The number of benzene rings is 1. The lowest BCUT2D eigenvalue weighted by atomic mass is 10.0. The first-order valence-corrected chi connectivity index (χ1v) is 22.5. The number of rotatable bonds is 35. The Kier molecular flexibility index (Phi) is 26.7. The minimum absolute atomic E-state index is 0.0495. The molecule has 0 unspecified atom stereocenters. The highest BCUT2D eigenvalue weighted by Gasteiger charge is 2.28. The number of unbranched alkanes of at least 4 members (excludes halogenated alkanes) is 19. The smallest absolute Gasteiger partial charge is 0.404 e. The van der Waals surface area contributed by atoms with Crippen LogP contribution in [0.15, 0.2) is 24.3 Å². The number of phosphoric acid groups is 1. The number of aryl methyl sites for hydroxylation is 1. The fraction of sp³-hybridized carbons (Fsp3) is 0.824. The molecular formula is C34H63O12PS2. The van der Waals surface area contributed by atoms with Gasteiger partial charge in [0.2, 0.25) is 0 Å². The SMILES string of the molecule is CCCCCCCCCCCCc1ccc(OP(=O)(OCCCCCCCCOS(=O)(=O)O)OCCCCCCCCOS(=O)(=O)O)cc1. The standard InChI is InChI=1S/C34H63O12PS2/c1-2-3-4-5-6-7-8-9-14-19-24-33-25-27-34(28-26-33)46-47(35,42-29-20-15-10-12-17-22-31-44-48(36,37)38)43-30-21-16-11-13-18-23-32-45-49(39,40)41/h25-28H,2-24,29-32H2,1H3,(H,36,37,38)(H,39,40,41). The normalized spacial score (nSPS) is 12.5. The van der Waals surface area contributed by atoms with Gasteiger partial charge in [0.05, 0.1) is 26.4 Å². The molecule has 0 amide bonds. The van der Waals surface area contributed by atoms with Gasteiger partial charge in [0.25, 0.3) is 0 Å². The van der Waals surface area contributed by atoms with E-state index in [-0.39, 0.29) is 26.4 Å². The molecule has 0 aromatic heterocycles. The molecule has 2 N–H and O–H groups in total. The molecule has 0 bridgehead atoms. The zero-order valence-corrected chi connectivity index (χ0v) is 32.2. The topological polar surface area (TPSA) is 172 Å². The van der Waals surface area contributed by atoms with E-state index in [2.05, 4.69) is 15.3 Å². The minimum atomic E-state index is -4.39. The third-order valence-electron chi connectivity index (χ3n) is 8.00. The van der Waals surface area contributed by atoms with Gasteiger partial charge in [0.15, 0.2) is 0 Å². The van der Waals surface area contributed by atoms with E-state index in [0.29, 0.717) is 31.4 Å². The number of phosphoric ester groups is 1. The Bertz CT molecular complexity index is 1140. The molecule has 0 heterocycles. The molecule has 15 heteroatoms. The van der Waals surface area contributed by atoms with Crippen LogP contribution < -0.4 is 4.52 Å².